The lowest BCUT2D eigenvalue weighted by Gasteiger charge is -2.31. The molecular weight excluding hydrogens is 639 g/mol. The number of fused-ring (bicyclic) bond motifs is 1. The molecule has 0 radical (unpaired) electrons. The zero-order valence-electron chi connectivity index (χ0n) is 26.5. The van der Waals surface area contributed by atoms with Gasteiger partial charge >= 0.3 is 5.97 Å². The average Bonchev–Trinajstić information content (AvgIpc) is 3.69. The maximum Gasteiger partial charge on any atom is 0.328 e. The molecule has 4 heterocycles. The molecule has 1 aliphatic heterocycles. The second-order valence-electron chi connectivity index (χ2n) is 11.5. The molecule has 0 atom stereocenters. The summed E-state index contributed by atoms with van der Waals surface area (Å²) in [6.07, 6.45) is 6.91. The predicted octanol–water partition coefficient (Wildman–Crippen LogP) is 5.71. The van der Waals surface area contributed by atoms with Gasteiger partial charge in [-0.05, 0) is 67.8 Å². The molecule has 252 valence electrons. The third-order valence-electron chi connectivity index (χ3n) is 8.29. The van der Waals surface area contributed by atoms with E-state index in [-0.39, 0.29) is 41.1 Å². The number of pyridine rings is 1. The van der Waals surface area contributed by atoms with E-state index in [1.807, 2.05) is 22.1 Å². The Morgan fingerprint density at radius 3 is 2.61 bits per heavy atom. The molecule has 6 rings (SSSR count). The van der Waals surface area contributed by atoms with Gasteiger partial charge in [-0.3, -0.25) is 4.90 Å². The van der Waals surface area contributed by atoms with E-state index < -0.39 is 23.4 Å². The number of hydrogen-bond donors (Lipinski definition) is 1. The minimum atomic E-state index is -1.13. The summed E-state index contributed by atoms with van der Waals surface area (Å²) in [6.45, 7) is 4.50. The lowest BCUT2D eigenvalue weighted by Crippen LogP contribution is -2.38. The SMILES string of the molecule is CCn1cncc1Cn1c(CN2CCC(Oc3ccc(F)c(COc4ccc(C#N)cc4F)n3)CC2)nc2c(F)cc(/C=C/C(=O)O)cc21. The Balaban J connectivity index is 1.14. The van der Waals surface area contributed by atoms with Gasteiger partial charge < -0.3 is 23.7 Å². The molecule has 3 aromatic heterocycles. The van der Waals surface area contributed by atoms with E-state index >= 15 is 4.39 Å². The van der Waals surface area contributed by atoms with Gasteiger partial charge in [0.2, 0.25) is 5.88 Å². The van der Waals surface area contributed by atoms with E-state index in [0.717, 1.165) is 17.8 Å². The number of halogens is 3. The highest BCUT2D eigenvalue weighted by Crippen LogP contribution is 2.27. The van der Waals surface area contributed by atoms with Crippen LogP contribution in [0.15, 0.2) is 61.1 Å². The molecule has 1 aliphatic rings. The Hall–Kier alpha value is -5.68. The number of nitrogens with zero attached hydrogens (tertiary/aromatic N) is 7. The quantitative estimate of drug-likeness (QED) is 0.166. The van der Waals surface area contributed by atoms with Crippen LogP contribution in [0.1, 0.15) is 48.1 Å². The summed E-state index contributed by atoms with van der Waals surface area (Å²) in [5, 5.41) is 18.0. The Labute approximate surface area is 279 Å². The molecule has 2 aromatic carbocycles. The minimum Gasteiger partial charge on any atom is -0.484 e. The Morgan fingerprint density at radius 1 is 1.06 bits per heavy atom. The molecular formula is C35H32F3N7O4. The van der Waals surface area contributed by atoms with Crippen molar-refractivity contribution in [3.05, 3.63) is 107 Å². The zero-order chi connectivity index (χ0) is 34.5. The summed E-state index contributed by atoms with van der Waals surface area (Å²) in [5.41, 5.74) is 2.17. The summed E-state index contributed by atoms with van der Waals surface area (Å²) in [6, 6.07) is 11.3. The van der Waals surface area contributed by atoms with Crippen molar-refractivity contribution in [2.24, 2.45) is 0 Å². The first kappa shape index (κ1) is 33.2. The van der Waals surface area contributed by atoms with Gasteiger partial charge in [0.05, 0.1) is 42.3 Å². The van der Waals surface area contributed by atoms with Crippen LogP contribution in [0.4, 0.5) is 13.2 Å². The number of carbonyl (C=O) groups is 1. The predicted molar refractivity (Wildman–Crippen MR) is 172 cm³/mol. The number of aliphatic carboxylic acids is 1. The van der Waals surface area contributed by atoms with E-state index in [1.165, 1.54) is 36.4 Å². The molecule has 49 heavy (non-hydrogen) atoms. The van der Waals surface area contributed by atoms with E-state index in [4.69, 9.17) is 19.8 Å². The third-order valence-corrected chi connectivity index (χ3v) is 8.29. The number of piperidine rings is 1. The second-order valence-corrected chi connectivity index (χ2v) is 11.5. The van der Waals surface area contributed by atoms with Crippen LogP contribution in [0.25, 0.3) is 17.1 Å². The van der Waals surface area contributed by atoms with Crippen LogP contribution in [0.3, 0.4) is 0 Å². The van der Waals surface area contributed by atoms with Gasteiger partial charge in [0.1, 0.15) is 35.6 Å². The first-order valence-electron chi connectivity index (χ1n) is 15.7. The molecule has 0 saturated carbocycles. The fraction of sp³-hybridized carbons (Fsp3) is 0.286. The number of hydrogen-bond acceptors (Lipinski definition) is 8. The van der Waals surface area contributed by atoms with Crippen LogP contribution in [-0.2, 0) is 31.0 Å². The molecule has 0 aliphatic carbocycles. The van der Waals surface area contributed by atoms with Crippen molar-refractivity contribution in [2.45, 2.75) is 52.1 Å². The normalized spacial score (nSPS) is 14.0. The Morgan fingerprint density at radius 2 is 1.88 bits per heavy atom. The number of ether oxygens (including phenoxy) is 2. The maximum absolute atomic E-state index is 15.3. The highest BCUT2D eigenvalue weighted by Gasteiger charge is 2.25. The molecule has 14 heteroatoms. The van der Waals surface area contributed by atoms with E-state index in [2.05, 4.69) is 19.9 Å². The molecule has 0 bridgehead atoms. The van der Waals surface area contributed by atoms with Gasteiger partial charge in [0.25, 0.3) is 0 Å². The number of carboxylic acid groups (broad SMARTS) is 1. The van der Waals surface area contributed by atoms with E-state index in [1.54, 1.807) is 18.6 Å². The molecule has 11 nitrogen and oxygen atoms in total. The molecule has 1 saturated heterocycles. The van der Waals surface area contributed by atoms with Gasteiger partial charge in [-0.25, -0.2) is 32.9 Å². The number of carboxylic acids is 1. The van der Waals surface area contributed by atoms with Crippen molar-refractivity contribution in [2.75, 3.05) is 13.1 Å². The van der Waals surface area contributed by atoms with Crippen molar-refractivity contribution < 1.29 is 32.5 Å². The van der Waals surface area contributed by atoms with Gasteiger partial charge in [0, 0.05) is 38.0 Å². The van der Waals surface area contributed by atoms with E-state index in [9.17, 15) is 13.6 Å². The number of aromatic nitrogens is 5. The first-order valence-corrected chi connectivity index (χ1v) is 15.7. The average molecular weight is 672 g/mol. The molecule has 0 spiro atoms. The lowest BCUT2D eigenvalue weighted by atomic mass is 10.1. The molecule has 0 unspecified atom stereocenters. The van der Waals surface area contributed by atoms with Crippen LogP contribution in [-0.4, -0.2) is 59.3 Å². The van der Waals surface area contributed by atoms with Crippen LogP contribution in [0.2, 0.25) is 0 Å². The highest BCUT2D eigenvalue weighted by atomic mass is 19.1. The maximum atomic E-state index is 15.3. The van der Waals surface area contributed by atoms with Crippen molar-refractivity contribution >= 4 is 23.1 Å². The number of benzene rings is 2. The summed E-state index contributed by atoms with van der Waals surface area (Å²) in [5.74, 6) is -2.28. The third kappa shape index (κ3) is 7.73. The van der Waals surface area contributed by atoms with Crippen molar-refractivity contribution in [1.29, 1.82) is 5.26 Å². The van der Waals surface area contributed by atoms with Gasteiger partial charge in [-0.15, -0.1) is 0 Å². The summed E-state index contributed by atoms with van der Waals surface area (Å²) in [4.78, 5) is 26.5. The highest BCUT2D eigenvalue weighted by molar-refractivity contribution is 5.87. The molecule has 1 N–H and O–H groups in total. The van der Waals surface area contributed by atoms with Crippen LogP contribution >= 0.6 is 0 Å². The topological polar surface area (TPSA) is 131 Å². The van der Waals surface area contributed by atoms with Gasteiger partial charge in [0.15, 0.2) is 17.4 Å². The summed E-state index contributed by atoms with van der Waals surface area (Å²) in [7, 11) is 0. The minimum absolute atomic E-state index is 0.0455. The number of likely N-dealkylation sites (tertiary alicyclic amines) is 1. The fourth-order valence-corrected chi connectivity index (χ4v) is 5.76. The van der Waals surface area contributed by atoms with Crippen LogP contribution in [0, 0.1) is 28.8 Å². The standard InChI is InChI=1S/C35H32F3N7O4/c1-2-44-21-40-17-24(44)18-45-30-15-22(4-8-34(46)47)13-28(38)35(30)42-32(45)19-43-11-9-25(10-12-43)49-33-7-5-26(36)29(41-33)20-48-31-6-3-23(16-39)14-27(31)37/h3-8,13-15,17,21,25H,2,9-12,18-20H2,1H3,(H,46,47)/b8-4+. The van der Waals surface area contributed by atoms with Gasteiger partial charge in [-0.2, -0.15) is 5.26 Å². The molecule has 1 fully saturated rings. The van der Waals surface area contributed by atoms with Crippen molar-refractivity contribution in [1.82, 2.24) is 29.0 Å². The number of aryl methyl sites for hydroxylation is 1. The second kappa shape index (κ2) is 14.6. The van der Waals surface area contributed by atoms with Gasteiger partial charge in [-0.1, -0.05) is 0 Å². The molecule has 0 amide bonds. The fourth-order valence-electron chi connectivity index (χ4n) is 5.76. The van der Waals surface area contributed by atoms with Crippen molar-refractivity contribution in [3.63, 3.8) is 0 Å². The van der Waals surface area contributed by atoms with Crippen LogP contribution in [0.5, 0.6) is 11.6 Å². The van der Waals surface area contributed by atoms with Crippen LogP contribution < -0.4 is 9.47 Å². The largest absolute Gasteiger partial charge is 0.484 e. The molecule has 5 aromatic rings. The summed E-state index contributed by atoms with van der Waals surface area (Å²) >= 11 is 0. The number of imidazole rings is 2. The Kier molecular flexibility index (Phi) is 9.91. The number of rotatable bonds is 12. The summed E-state index contributed by atoms with van der Waals surface area (Å²) < 4.78 is 59.5. The first-order chi connectivity index (χ1) is 23.7. The monoisotopic (exact) mass is 671 g/mol. The van der Waals surface area contributed by atoms with Crippen molar-refractivity contribution in [3.8, 4) is 17.7 Å². The van der Waals surface area contributed by atoms with E-state index in [0.29, 0.717) is 62.5 Å². The zero-order valence-corrected chi connectivity index (χ0v) is 26.5. The number of nitriles is 1. The Bertz CT molecular complexity index is 2060. The smallest absolute Gasteiger partial charge is 0.328 e. The lowest BCUT2D eigenvalue weighted by molar-refractivity contribution is -0.131.